The molecule has 2 aliphatic rings. The molecular formula is C21H26N4O3S3. The van der Waals surface area contributed by atoms with Crippen molar-refractivity contribution in [3.05, 3.63) is 44.8 Å². The second kappa shape index (κ2) is 8.56. The molecule has 10 heteroatoms. The number of hydrogen-bond donors (Lipinski definition) is 3. The van der Waals surface area contributed by atoms with Gasteiger partial charge >= 0.3 is 6.03 Å². The van der Waals surface area contributed by atoms with Gasteiger partial charge in [-0.05, 0) is 91.6 Å². The molecule has 166 valence electrons. The number of nitriles is 1. The van der Waals surface area contributed by atoms with E-state index in [-0.39, 0.29) is 17.7 Å². The fraction of sp³-hybridized carbons (Fsp3) is 0.429. The van der Waals surface area contributed by atoms with Crippen LogP contribution in [-0.4, -0.2) is 15.3 Å². The first kappa shape index (κ1) is 23.8. The number of nitrogens with two attached hydrogens (primary N) is 1. The number of anilines is 1. The molecule has 0 aliphatic heterocycles. The van der Waals surface area contributed by atoms with E-state index in [1.54, 1.807) is 19.2 Å². The molecule has 2 amide bonds. The lowest BCUT2D eigenvalue weighted by Crippen LogP contribution is -2.19. The predicted molar refractivity (Wildman–Crippen MR) is 127 cm³/mol. The first-order valence-electron chi connectivity index (χ1n) is 9.88. The molecule has 0 saturated carbocycles. The topological polar surface area (TPSA) is 129 Å². The molecule has 1 aromatic heterocycles. The van der Waals surface area contributed by atoms with Crippen molar-refractivity contribution >= 4 is 46.5 Å². The molecule has 0 saturated heterocycles. The third-order valence-corrected chi connectivity index (χ3v) is 8.63. The van der Waals surface area contributed by atoms with Crippen molar-refractivity contribution in [1.29, 1.82) is 5.26 Å². The fourth-order valence-corrected chi connectivity index (χ4v) is 6.61. The molecule has 0 radical (unpaired) electrons. The lowest BCUT2D eigenvalue weighted by atomic mass is 9.93. The Morgan fingerprint density at radius 3 is 2.26 bits per heavy atom. The Bertz CT molecular complexity index is 1180. The summed E-state index contributed by atoms with van der Waals surface area (Å²) < 4.78 is 17.0. The number of carbonyl (C=O) groups excluding carboxylic acids is 1. The molecule has 4 N–H and O–H groups in total. The van der Waals surface area contributed by atoms with Crippen molar-refractivity contribution in [2.45, 2.75) is 62.2 Å². The Balaban J connectivity index is 0.00000272. The van der Waals surface area contributed by atoms with Crippen LogP contribution < -0.4 is 10.5 Å². The highest BCUT2D eigenvalue weighted by molar-refractivity contribution is 7.93. The van der Waals surface area contributed by atoms with Gasteiger partial charge in [0, 0.05) is 5.69 Å². The van der Waals surface area contributed by atoms with E-state index < -0.39 is 21.5 Å². The molecular weight excluding hydrogens is 452 g/mol. The Morgan fingerprint density at radius 1 is 1.23 bits per heavy atom. The number of hydrogen-bond acceptors (Lipinski definition) is 5. The number of amides is 2. The van der Waals surface area contributed by atoms with Crippen LogP contribution in [0.15, 0.2) is 20.0 Å². The average molecular weight is 479 g/mol. The van der Waals surface area contributed by atoms with Crippen molar-refractivity contribution in [2.24, 2.45) is 9.50 Å². The van der Waals surface area contributed by atoms with Crippen LogP contribution in [0.5, 0.6) is 0 Å². The SMILES string of the molecule is CC(C)(O)c1csc(S(N)(=O)=NC(=O)Nc2c3c(c(C#N)c4c2CCC4)CCC3)c1.S. The molecule has 1 atom stereocenters. The zero-order chi connectivity index (χ0) is 21.7. The van der Waals surface area contributed by atoms with Crippen molar-refractivity contribution in [2.75, 3.05) is 5.32 Å². The largest absolute Gasteiger partial charge is 0.386 e. The number of benzene rings is 1. The fourth-order valence-electron chi connectivity index (χ4n) is 4.33. The van der Waals surface area contributed by atoms with Gasteiger partial charge < -0.3 is 10.4 Å². The minimum atomic E-state index is -3.44. The van der Waals surface area contributed by atoms with Gasteiger partial charge in [-0.3, -0.25) is 0 Å². The molecule has 0 fully saturated rings. The maximum Gasteiger partial charge on any atom is 0.354 e. The van der Waals surface area contributed by atoms with Gasteiger partial charge in [-0.2, -0.15) is 18.8 Å². The summed E-state index contributed by atoms with van der Waals surface area (Å²) >= 11 is 1.11. The Morgan fingerprint density at radius 2 is 1.77 bits per heavy atom. The van der Waals surface area contributed by atoms with Gasteiger partial charge in [0.15, 0.2) is 9.92 Å². The number of rotatable bonds is 3. The van der Waals surface area contributed by atoms with E-state index >= 15 is 0 Å². The van der Waals surface area contributed by atoms with Gasteiger partial charge in [-0.15, -0.1) is 15.7 Å². The Hall–Kier alpha value is -1.90. The molecule has 1 aromatic carbocycles. The van der Waals surface area contributed by atoms with Gasteiger partial charge in [-0.1, -0.05) is 0 Å². The smallest absolute Gasteiger partial charge is 0.354 e. The second-order valence-electron chi connectivity index (χ2n) is 8.29. The van der Waals surface area contributed by atoms with Gasteiger partial charge in [0.05, 0.1) is 17.2 Å². The molecule has 1 unspecified atom stereocenters. The number of nitrogens with zero attached hydrogens (tertiary/aromatic N) is 2. The van der Waals surface area contributed by atoms with E-state index in [0.717, 1.165) is 83.4 Å². The van der Waals surface area contributed by atoms with E-state index in [9.17, 15) is 19.4 Å². The van der Waals surface area contributed by atoms with Crippen LogP contribution in [-0.2, 0) is 41.2 Å². The maximum atomic E-state index is 12.9. The molecule has 2 aliphatic carbocycles. The van der Waals surface area contributed by atoms with Gasteiger partial charge in [0.25, 0.3) is 0 Å². The number of aliphatic hydroxyl groups is 1. The summed E-state index contributed by atoms with van der Waals surface area (Å²) in [5.74, 6) is 0. The molecule has 31 heavy (non-hydrogen) atoms. The lowest BCUT2D eigenvalue weighted by molar-refractivity contribution is 0.0789. The van der Waals surface area contributed by atoms with Crippen LogP contribution in [0.2, 0.25) is 0 Å². The summed E-state index contributed by atoms with van der Waals surface area (Å²) in [4.78, 5) is 12.7. The quantitative estimate of drug-likeness (QED) is 0.618. The summed E-state index contributed by atoms with van der Waals surface area (Å²) in [5, 5.41) is 30.2. The number of urea groups is 1. The van der Waals surface area contributed by atoms with E-state index in [1.807, 2.05) is 0 Å². The highest BCUT2D eigenvalue weighted by Gasteiger charge is 2.29. The molecule has 1 heterocycles. The van der Waals surface area contributed by atoms with E-state index in [0.29, 0.717) is 5.56 Å². The first-order valence-corrected chi connectivity index (χ1v) is 12.3. The average Bonchev–Trinajstić information content (AvgIpc) is 3.40. The van der Waals surface area contributed by atoms with Crippen LogP contribution in [0.3, 0.4) is 0 Å². The third-order valence-electron chi connectivity index (χ3n) is 5.78. The van der Waals surface area contributed by atoms with Crippen LogP contribution >= 0.6 is 24.8 Å². The zero-order valence-electron chi connectivity index (χ0n) is 17.4. The van der Waals surface area contributed by atoms with Gasteiger partial charge in [0.1, 0.15) is 4.21 Å². The van der Waals surface area contributed by atoms with Crippen molar-refractivity contribution in [3.8, 4) is 6.07 Å². The summed E-state index contributed by atoms with van der Waals surface area (Å²) in [6.45, 7) is 3.24. The maximum absolute atomic E-state index is 12.9. The third kappa shape index (κ3) is 4.38. The molecule has 0 spiro atoms. The predicted octanol–water partition coefficient (Wildman–Crippen LogP) is 3.87. The Kier molecular flexibility index (Phi) is 6.56. The van der Waals surface area contributed by atoms with E-state index in [1.165, 1.54) is 6.07 Å². The molecule has 7 nitrogen and oxygen atoms in total. The number of carbonyl (C=O) groups is 1. The lowest BCUT2D eigenvalue weighted by Gasteiger charge is -2.17. The monoisotopic (exact) mass is 478 g/mol. The van der Waals surface area contributed by atoms with Crippen LogP contribution in [0.25, 0.3) is 0 Å². The van der Waals surface area contributed by atoms with Crippen LogP contribution in [0.4, 0.5) is 10.5 Å². The normalized spacial score (nSPS) is 16.5. The van der Waals surface area contributed by atoms with Gasteiger partial charge in [0.2, 0.25) is 0 Å². The summed E-state index contributed by atoms with van der Waals surface area (Å²) in [7, 11) is -3.44. The standard InChI is InChI=1S/C21H24N4O3S2.H2S/c1-21(2,27)12-9-18(29-11-12)30(23,28)25-20(26)24-19-15-7-3-5-13(15)17(10-22)14-6-4-8-16(14)19;/h9,11,27H,3-8H2,1-2H3,(H3,23,24,25,26,28);1H2. The number of nitrogens with one attached hydrogen (secondary N) is 1. The summed E-state index contributed by atoms with van der Waals surface area (Å²) in [5.41, 5.74) is 5.01. The molecule has 0 bridgehead atoms. The molecule has 4 rings (SSSR count). The highest BCUT2D eigenvalue weighted by atomic mass is 32.2. The van der Waals surface area contributed by atoms with Crippen molar-refractivity contribution < 1.29 is 14.1 Å². The van der Waals surface area contributed by atoms with Crippen molar-refractivity contribution in [3.63, 3.8) is 0 Å². The minimum Gasteiger partial charge on any atom is -0.386 e. The summed E-state index contributed by atoms with van der Waals surface area (Å²) in [6.07, 6.45) is 5.13. The van der Waals surface area contributed by atoms with Crippen molar-refractivity contribution in [1.82, 2.24) is 0 Å². The van der Waals surface area contributed by atoms with E-state index in [4.69, 9.17) is 5.14 Å². The highest BCUT2D eigenvalue weighted by Crippen LogP contribution is 2.41. The minimum absolute atomic E-state index is 0. The Labute approximate surface area is 193 Å². The van der Waals surface area contributed by atoms with E-state index in [2.05, 4.69) is 15.7 Å². The first-order chi connectivity index (χ1) is 14.1. The van der Waals surface area contributed by atoms with Crippen LogP contribution in [0, 0.1) is 11.3 Å². The summed E-state index contributed by atoms with van der Waals surface area (Å²) in [6, 6.07) is 3.13. The van der Waals surface area contributed by atoms with Crippen LogP contribution in [0.1, 0.15) is 60.1 Å². The number of thiophene rings is 1. The number of fused-ring (bicyclic) bond motifs is 2. The molecule has 2 aromatic rings. The van der Waals surface area contributed by atoms with Gasteiger partial charge in [-0.25, -0.2) is 14.1 Å². The zero-order valence-corrected chi connectivity index (χ0v) is 20.1. The second-order valence-corrected chi connectivity index (χ2v) is 11.2.